The first-order valence-electron chi connectivity index (χ1n) is 5.07. The third-order valence-electron chi connectivity index (χ3n) is 1.90. The molecule has 0 aromatic rings. The summed E-state index contributed by atoms with van der Waals surface area (Å²) in [7, 11) is 0. The van der Waals surface area contributed by atoms with Gasteiger partial charge in [-0.15, -0.1) is 0 Å². The second-order valence-electron chi connectivity index (χ2n) is 4.17. The monoisotopic (exact) mass is 190 g/mol. The van der Waals surface area contributed by atoms with Crippen LogP contribution in [0.15, 0.2) is 0 Å². The van der Waals surface area contributed by atoms with E-state index in [4.69, 9.17) is 0 Å². The Kier molecular flexibility index (Phi) is 7.31. The Morgan fingerprint density at radius 2 is 1.07 bits per heavy atom. The number of rotatable bonds is 7. The number of hydrogen-bond donors (Lipinski definition) is 0. The molecule has 0 aliphatic heterocycles. The minimum absolute atomic E-state index is 1.11. The molecule has 0 bridgehead atoms. The van der Waals surface area contributed by atoms with Crippen LogP contribution in [-0.4, -0.2) is 0 Å². The Morgan fingerprint density at radius 3 is 1.29 bits per heavy atom. The summed E-state index contributed by atoms with van der Waals surface area (Å²) in [6, 6.07) is 0. The first-order valence-corrected chi connectivity index (χ1v) is 5.07. The van der Waals surface area contributed by atoms with E-state index < -0.39 is 0 Å². The van der Waals surface area contributed by atoms with Crippen molar-refractivity contribution in [2.75, 3.05) is 0 Å². The van der Waals surface area contributed by atoms with Crippen molar-refractivity contribution < 1.29 is 0 Å². The summed E-state index contributed by atoms with van der Waals surface area (Å²) in [5.41, 5.74) is 0. The maximum Gasteiger partial charge on any atom is -0.0232 e. The van der Waals surface area contributed by atoms with Crippen LogP contribution in [-0.2, 0) is 0 Å². The molecule has 0 N–H and O–H groups in total. The van der Waals surface area contributed by atoms with Gasteiger partial charge in [-0.25, -0.2) is 0 Å². The zero-order valence-electron chi connectivity index (χ0n) is 9.98. The van der Waals surface area contributed by atoms with Gasteiger partial charge in [-0.05, 0) is 63.2 Å². The van der Waals surface area contributed by atoms with Crippen molar-refractivity contribution in [3.05, 3.63) is 50.4 Å². The molecule has 0 heteroatoms. The summed E-state index contributed by atoms with van der Waals surface area (Å²) in [6.07, 6.45) is 6.52. The van der Waals surface area contributed by atoms with E-state index in [1.807, 2.05) is 13.8 Å². The van der Waals surface area contributed by atoms with E-state index in [2.05, 4.69) is 40.5 Å². The molecule has 0 saturated heterocycles. The van der Waals surface area contributed by atoms with E-state index in [1.165, 1.54) is 11.8 Å². The molecule has 0 spiro atoms. The summed E-state index contributed by atoms with van der Waals surface area (Å²) < 4.78 is 0. The van der Waals surface area contributed by atoms with E-state index in [0.29, 0.717) is 0 Å². The van der Waals surface area contributed by atoms with Gasteiger partial charge in [0.05, 0.1) is 0 Å². The Balaban J connectivity index is 3.50. The average Bonchev–Trinajstić information content (AvgIpc) is 1.98. The highest BCUT2D eigenvalue weighted by atomic mass is 14.1. The molecule has 0 heterocycles. The quantitative estimate of drug-likeness (QED) is 0.564. The highest BCUT2D eigenvalue weighted by Crippen LogP contribution is 2.24. The smallest absolute Gasteiger partial charge is 0.0232 e. The van der Waals surface area contributed by atoms with Crippen molar-refractivity contribution in [2.24, 2.45) is 0 Å². The number of hydrogen-bond acceptors (Lipinski definition) is 0. The summed E-state index contributed by atoms with van der Waals surface area (Å²) in [4.78, 5) is 0. The minimum atomic E-state index is 1.11. The Labute approximate surface area is 91.5 Å². The minimum Gasteiger partial charge on any atom is -0.0588 e. The highest BCUT2D eigenvalue weighted by Gasteiger charge is 2.11. The molecule has 14 heavy (non-hydrogen) atoms. The fourth-order valence-electron chi connectivity index (χ4n) is 1.38. The molecule has 0 aliphatic carbocycles. The summed E-state index contributed by atoms with van der Waals surface area (Å²) in [5, 5.41) is 0. The van der Waals surface area contributed by atoms with E-state index in [-0.39, 0.29) is 0 Å². The van der Waals surface area contributed by atoms with Crippen LogP contribution in [0.25, 0.3) is 0 Å². The summed E-state index contributed by atoms with van der Waals surface area (Å²) in [5.74, 6) is 5.05. The van der Waals surface area contributed by atoms with Crippen LogP contribution in [0.1, 0.15) is 40.5 Å². The molecule has 0 unspecified atom stereocenters. The van der Waals surface area contributed by atoms with Crippen molar-refractivity contribution >= 4 is 0 Å². The molecule has 0 aliphatic rings. The third-order valence-corrected chi connectivity index (χ3v) is 1.90. The van der Waals surface area contributed by atoms with Gasteiger partial charge in [0.2, 0.25) is 0 Å². The van der Waals surface area contributed by atoms with Gasteiger partial charge in [-0.1, -0.05) is 27.7 Å². The second kappa shape index (κ2) is 7.31. The van der Waals surface area contributed by atoms with E-state index in [9.17, 15) is 0 Å². The molecule has 0 fully saturated rings. The third kappa shape index (κ3) is 8.59. The predicted molar refractivity (Wildman–Crippen MR) is 64.2 cm³/mol. The summed E-state index contributed by atoms with van der Waals surface area (Å²) >= 11 is 0. The van der Waals surface area contributed by atoms with Crippen molar-refractivity contribution in [1.29, 1.82) is 0 Å². The van der Waals surface area contributed by atoms with Gasteiger partial charge in [0.15, 0.2) is 0 Å². The van der Waals surface area contributed by atoms with Gasteiger partial charge in [0, 0.05) is 0 Å². The van der Waals surface area contributed by atoms with Gasteiger partial charge >= 0.3 is 0 Å². The Morgan fingerprint density at radius 1 is 0.786 bits per heavy atom. The van der Waals surface area contributed by atoms with Crippen molar-refractivity contribution in [2.45, 2.75) is 40.5 Å². The molecule has 0 rings (SSSR count). The first kappa shape index (κ1) is 14.0. The lowest BCUT2D eigenvalue weighted by Gasteiger charge is -2.16. The molecule has 0 aromatic carbocycles. The zero-order valence-corrected chi connectivity index (χ0v) is 9.98. The van der Waals surface area contributed by atoms with Crippen LogP contribution in [0.3, 0.4) is 0 Å². The molecule has 78 valence electrons. The van der Waals surface area contributed by atoms with Gasteiger partial charge < -0.3 is 0 Å². The maximum absolute atomic E-state index is 3.87. The first-order chi connectivity index (χ1) is 6.41. The van der Waals surface area contributed by atoms with E-state index in [1.54, 1.807) is 0 Å². The van der Waals surface area contributed by atoms with Gasteiger partial charge in [0.25, 0.3) is 0 Å². The lowest BCUT2D eigenvalue weighted by atomic mass is 9.88. The van der Waals surface area contributed by atoms with E-state index >= 15 is 0 Å². The Hall–Kier alpha value is 0. The fraction of sp³-hybridized carbons (Fsp3) is 0.429. The largest absolute Gasteiger partial charge is 0.0588 e. The van der Waals surface area contributed by atoms with Crippen molar-refractivity contribution in [1.82, 2.24) is 0 Å². The lowest BCUT2D eigenvalue weighted by Crippen LogP contribution is -2.03. The molecular weight excluding hydrogens is 168 g/mol. The maximum atomic E-state index is 3.87. The molecule has 0 saturated carbocycles. The predicted octanol–water partition coefficient (Wildman–Crippen LogP) is 4.22. The highest BCUT2D eigenvalue weighted by molar-refractivity contribution is 5.20. The fourth-order valence-corrected chi connectivity index (χ4v) is 1.38. The van der Waals surface area contributed by atoms with Crippen LogP contribution in [0.2, 0.25) is 0 Å². The second-order valence-corrected chi connectivity index (χ2v) is 4.17. The van der Waals surface area contributed by atoms with Crippen molar-refractivity contribution in [3.8, 4) is 0 Å². The lowest BCUT2D eigenvalue weighted by molar-refractivity contribution is 0.765. The summed E-state index contributed by atoms with van der Waals surface area (Å²) in [6.45, 7) is 16.1. The Bertz CT molecular complexity index is 108. The van der Waals surface area contributed by atoms with Crippen molar-refractivity contribution in [3.63, 3.8) is 0 Å². The van der Waals surface area contributed by atoms with Gasteiger partial charge in [-0.2, -0.15) is 0 Å². The van der Waals surface area contributed by atoms with Crippen LogP contribution < -0.4 is 0 Å². The molecule has 0 amide bonds. The van der Waals surface area contributed by atoms with Crippen LogP contribution >= 0.6 is 0 Å². The normalized spacial score (nSPS) is 12.4. The van der Waals surface area contributed by atoms with Crippen LogP contribution in [0, 0.1) is 50.4 Å². The van der Waals surface area contributed by atoms with E-state index in [0.717, 1.165) is 24.7 Å². The average molecular weight is 190 g/mol. The van der Waals surface area contributed by atoms with Gasteiger partial charge in [-0.3, -0.25) is 0 Å². The molecule has 0 nitrogen and oxygen atoms in total. The van der Waals surface area contributed by atoms with Gasteiger partial charge in [0.1, 0.15) is 0 Å². The zero-order chi connectivity index (χ0) is 11.1. The topological polar surface area (TPSA) is 0 Å². The molecule has 0 aromatic heterocycles. The molecule has 8 radical (unpaired) electrons. The standard InChI is InChI=1S/C14H22/c1-11(2)9-13(5)7-8-14(6)10-12(3)4/h9-10H,1,3,7-8H2,2,4-6H3. The molecule has 0 atom stereocenters. The van der Waals surface area contributed by atoms with Crippen LogP contribution in [0.5, 0.6) is 0 Å². The molecular formula is C14H22. The SMILES string of the molecule is [CH2][C](C)[CH][C](C)CC[C](C)[CH][C]([CH2])C. The van der Waals surface area contributed by atoms with Crippen LogP contribution in [0.4, 0.5) is 0 Å².